The van der Waals surface area contributed by atoms with E-state index in [1.165, 1.54) is 16.2 Å². The van der Waals surface area contributed by atoms with Gasteiger partial charge in [0.25, 0.3) is 11.5 Å². The molecule has 2 N–H and O–H groups in total. The Labute approximate surface area is 194 Å². The molecule has 0 saturated carbocycles. The molecule has 0 fully saturated rings. The van der Waals surface area contributed by atoms with Crippen LogP contribution in [0.15, 0.2) is 77.7 Å². The molecule has 0 radical (unpaired) electrons. The molecule has 0 aliphatic carbocycles. The van der Waals surface area contributed by atoms with Gasteiger partial charge >= 0.3 is 0 Å². The standard InChI is InChI=1S/C27H31N3O3/c1-19(12-13-20-9-6-5-7-10-20)28-24(31)23-11-8-18-30(25(23)32)22-16-14-21(15-17-22)29-26(33)27(2,3)4/h5-11,14-19H,12-13H2,1-4H3,(H,28,31)(H,29,33)/t19-/m1/s1. The highest BCUT2D eigenvalue weighted by molar-refractivity contribution is 5.95. The van der Waals surface area contributed by atoms with E-state index in [0.717, 1.165) is 12.8 Å². The van der Waals surface area contributed by atoms with Crippen molar-refractivity contribution < 1.29 is 9.59 Å². The number of amides is 2. The number of hydrogen-bond acceptors (Lipinski definition) is 3. The second kappa shape index (κ2) is 10.3. The predicted octanol–water partition coefficient (Wildman–Crippen LogP) is 4.57. The first-order chi connectivity index (χ1) is 15.6. The first-order valence-electron chi connectivity index (χ1n) is 11.1. The summed E-state index contributed by atoms with van der Waals surface area (Å²) in [7, 11) is 0. The van der Waals surface area contributed by atoms with E-state index < -0.39 is 11.0 Å². The lowest BCUT2D eigenvalue weighted by Crippen LogP contribution is -2.37. The molecule has 2 aromatic carbocycles. The van der Waals surface area contributed by atoms with Gasteiger partial charge in [0, 0.05) is 29.0 Å². The quantitative estimate of drug-likeness (QED) is 0.559. The van der Waals surface area contributed by atoms with E-state index in [-0.39, 0.29) is 23.4 Å². The van der Waals surface area contributed by atoms with Crippen LogP contribution in [0.2, 0.25) is 0 Å². The van der Waals surface area contributed by atoms with Crippen molar-refractivity contribution in [1.82, 2.24) is 9.88 Å². The van der Waals surface area contributed by atoms with Gasteiger partial charge in [0.1, 0.15) is 5.56 Å². The number of rotatable bonds is 7. The van der Waals surface area contributed by atoms with Crippen molar-refractivity contribution in [3.8, 4) is 5.69 Å². The summed E-state index contributed by atoms with van der Waals surface area (Å²) >= 11 is 0. The van der Waals surface area contributed by atoms with Crippen molar-refractivity contribution in [1.29, 1.82) is 0 Å². The van der Waals surface area contributed by atoms with E-state index >= 15 is 0 Å². The Morgan fingerprint density at radius 2 is 1.61 bits per heavy atom. The summed E-state index contributed by atoms with van der Waals surface area (Å²) in [6, 6.07) is 20.2. The van der Waals surface area contributed by atoms with Crippen molar-refractivity contribution in [3.63, 3.8) is 0 Å². The molecule has 33 heavy (non-hydrogen) atoms. The smallest absolute Gasteiger partial charge is 0.267 e. The van der Waals surface area contributed by atoms with E-state index in [4.69, 9.17) is 0 Å². The number of benzene rings is 2. The summed E-state index contributed by atoms with van der Waals surface area (Å²) < 4.78 is 1.43. The topological polar surface area (TPSA) is 80.2 Å². The number of hydrogen-bond donors (Lipinski definition) is 2. The molecule has 2 amide bonds. The zero-order valence-corrected chi connectivity index (χ0v) is 19.6. The molecule has 6 nitrogen and oxygen atoms in total. The van der Waals surface area contributed by atoms with Gasteiger partial charge in [-0.15, -0.1) is 0 Å². The van der Waals surface area contributed by atoms with Crippen LogP contribution in [0.1, 0.15) is 50.0 Å². The molecule has 1 atom stereocenters. The van der Waals surface area contributed by atoms with E-state index in [0.29, 0.717) is 11.4 Å². The normalized spacial score (nSPS) is 12.1. The summed E-state index contributed by atoms with van der Waals surface area (Å²) in [5.41, 5.74) is 1.66. The van der Waals surface area contributed by atoms with Gasteiger partial charge in [0.2, 0.25) is 5.91 Å². The minimum atomic E-state index is -0.504. The molecule has 0 aliphatic heterocycles. The van der Waals surface area contributed by atoms with E-state index in [2.05, 4.69) is 22.8 Å². The molecule has 0 spiro atoms. The molecule has 6 heteroatoms. The average molecular weight is 446 g/mol. The monoisotopic (exact) mass is 445 g/mol. The van der Waals surface area contributed by atoms with Crippen molar-refractivity contribution in [2.24, 2.45) is 5.41 Å². The number of pyridine rings is 1. The van der Waals surface area contributed by atoms with E-state index in [1.807, 2.05) is 45.9 Å². The van der Waals surface area contributed by atoms with Gasteiger partial charge in [0.05, 0.1) is 0 Å². The Kier molecular flexibility index (Phi) is 7.48. The number of carbonyl (C=O) groups excluding carboxylic acids is 2. The van der Waals surface area contributed by atoms with Crippen LogP contribution in [-0.2, 0) is 11.2 Å². The van der Waals surface area contributed by atoms with Gasteiger partial charge < -0.3 is 10.6 Å². The molecule has 1 heterocycles. The van der Waals surface area contributed by atoms with Crippen molar-refractivity contribution >= 4 is 17.5 Å². The first kappa shape index (κ1) is 24.0. The molecule has 0 bridgehead atoms. The lowest BCUT2D eigenvalue weighted by atomic mass is 9.95. The van der Waals surface area contributed by atoms with Crippen LogP contribution >= 0.6 is 0 Å². The zero-order valence-electron chi connectivity index (χ0n) is 19.6. The maximum Gasteiger partial charge on any atom is 0.267 e. The first-order valence-corrected chi connectivity index (χ1v) is 11.1. The average Bonchev–Trinajstić information content (AvgIpc) is 2.78. The Balaban J connectivity index is 1.69. The Morgan fingerprint density at radius 1 is 0.939 bits per heavy atom. The molecule has 0 aliphatic rings. The third-order valence-corrected chi connectivity index (χ3v) is 5.36. The summed E-state index contributed by atoms with van der Waals surface area (Å²) in [5, 5.41) is 5.79. The molecule has 172 valence electrons. The number of aryl methyl sites for hydroxylation is 1. The van der Waals surface area contributed by atoms with Crippen LogP contribution in [-0.4, -0.2) is 22.4 Å². The predicted molar refractivity (Wildman–Crippen MR) is 132 cm³/mol. The van der Waals surface area contributed by atoms with Gasteiger partial charge in [-0.3, -0.25) is 19.0 Å². The lowest BCUT2D eigenvalue weighted by molar-refractivity contribution is -0.123. The van der Waals surface area contributed by atoms with Gasteiger partial charge in [-0.05, 0) is 61.7 Å². The summed E-state index contributed by atoms with van der Waals surface area (Å²) in [6.45, 7) is 7.47. The molecular formula is C27H31N3O3. The number of nitrogens with zero attached hydrogens (tertiary/aromatic N) is 1. The highest BCUT2D eigenvalue weighted by Gasteiger charge is 2.21. The highest BCUT2D eigenvalue weighted by Crippen LogP contribution is 2.18. The van der Waals surface area contributed by atoms with E-state index in [9.17, 15) is 14.4 Å². The van der Waals surface area contributed by atoms with Crippen LogP contribution in [0.5, 0.6) is 0 Å². The third-order valence-electron chi connectivity index (χ3n) is 5.36. The van der Waals surface area contributed by atoms with Crippen LogP contribution in [0.3, 0.4) is 0 Å². The van der Waals surface area contributed by atoms with Crippen LogP contribution in [0.25, 0.3) is 5.69 Å². The number of aromatic nitrogens is 1. The maximum atomic E-state index is 13.0. The lowest BCUT2D eigenvalue weighted by Gasteiger charge is -2.18. The van der Waals surface area contributed by atoms with Crippen LogP contribution in [0, 0.1) is 5.41 Å². The molecule has 3 aromatic rings. The number of anilines is 1. The SMILES string of the molecule is C[C@H](CCc1ccccc1)NC(=O)c1cccn(-c2ccc(NC(=O)C(C)(C)C)cc2)c1=O. The van der Waals surface area contributed by atoms with Crippen LogP contribution in [0.4, 0.5) is 5.69 Å². The summed E-state index contributed by atoms with van der Waals surface area (Å²) in [5.74, 6) is -0.476. The van der Waals surface area contributed by atoms with Crippen LogP contribution < -0.4 is 16.2 Å². The van der Waals surface area contributed by atoms with Crippen molar-refractivity contribution in [3.05, 3.63) is 94.4 Å². The zero-order chi connectivity index (χ0) is 24.0. The number of nitrogens with one attached hydrogen (secondary N) is 2. The van der Waals surface area contributed by atoms with Gasteiger partial charge in [-0.1, -0.05) is 51.1 Å². The third kappa shape index (κ3) is 6.42. The van der Waals surface area contributed by atoms with Crippen molar-refractivity contribution in [2.75, 3.05) is 5.32 Å². The minimum Gasteiger partial charge on any atom is -0.349 e. The molecule has 0 saturated heterocycles. The fourth-order valence-electron chi connectivity index (χ4n) is 3.30. The molecule has 1 aromatic heterocycles. The molecule has 0 unspecified atom stereocenters. The second-order valence-corrected chi connectivity index (χ2v) is 9.25. The van der Waals surface area contributed by atoms with E-state index in [1.54, 1.807) is 36.5 Å². The van der Waals surface area contributed by atoms with Gasteiger partial charge in [-0.25, -0.2) is 0 Å². The molecule has 3 rings (SSSR count). The maximum absolute atomic E-state index is 13.0. The Morgan fingerprint density at radius 3 is 2.24 bits per heavy atom. The fourth-order valence-corrected chi connectivity index (χ4v) is 3.30. The van der Waals surface area contributed by atoms with Gasteiger partial charge in [-0.2, -0.15) is 0 Å². The summed E-state index contributed by atoms with van der Waals surface area (Å²) in [4.78, 5) is 37.9. The minimum absolute atomic E-state index is 0.0727. The van der Waals surface area contributed by atoms with Gasteiger partial charge in [0.15, 0.2) is 0 Å². The Hall–Kier alpha value is -3.67. The number of carbonyl (C=O) groups is 2. The Bertz CT molecular complexity index is 1160. The highest BCUT2D eigenvalue weighted by atomic mass is 16.2. The summed E-state index contributed by atoms with van der Waals surface area (Å²) in [6.07, 6.45) is 3.25. The largest absolute Gasteiger partial charge is 0.349 e. The fraction of sp³-hybridized carbons (Fsp3) is 0.296. The molecular weight excluding hydrogens is 414 g/mol. The second-order valence-electron chi connectivity index (χ2n) is 9.25. The van der Waals surface area contributed by atoms with Crippen molar-refractivity contribution in [2.45, 2.75) is 46.6 Å².